The predicted molar refractivity (Wildman–Crippen MR) is 122 cm³/mol. The zero-order valence-electron chi connectivity index (χ0n) is 15.7. The number of pyridine rings is 1. The number of fused-ring (bicyclic) bond motifs is 1. The molecule has 1 atom stereocenters. The molecule has 9 heteroatoms. The molecule has 154 valence electrons. The molecule has 0 fully saturated rings. The molecule has 4 N–H and O–H groups in total. The number of halogens is 2. The number of para-hydroxylation sites is 1. The minimum Gasteiger partial charge on any atom is -0.467 e. The molecule has 30 heavy (non-hydrogen) atoms. The number of amides is 1. The van der Waals surface area contributed by atoms with Crippen molar-refractivity contribution in [1.82, 2.24) is 4.98 Å². The summed E-state index contributed by atoms with van der Waals surface area (Å²) in [5, 5.41) is 6.89. The molecule has 0 saturated heterocycles. The normalized spacial score (nSPS) is 12.1. The molecule has 0 radical (unpaired) electrons. The Morgan fingerprint density at radius 3 is 2.73 bits per heavy atom. The fourth-order valence-electron chi connectivity index (χ4n) is 2.96. The van der Waals surface area contributed by atoms with Gasteiger partial charge in [-0.2, -0.15) is 0 Å². The maximum absolute atomic E-state index is 12.5. The van der Waals surface area contributed by atoms with E-state index in [1.165, 1.54) is 11.3 Å². The summed E-state index contributed by atoms with van der Waals surface area (Å²) in [5.74, 6) is 0.510. The number of nitrogens with zero attached hydrogens (tertiary/aromatic N) is 1. The Labute approximate surface area is 187 Å². The van der Waals surface area contributed by atoms with E-state index >= 15 is 0 Å². The van der Waals surface area contributed by atoms with E-state index in [1.54, 1.807) is 24.5 Å². The summed E-state index contributed by atoms with van der Waals surface area (Å²) in [7, 11) is 0. The van der Waals surface area contributed by atoms with E-state index in [1.807, 2.05) is 30.3 Å². The van der Waals surface area contributed by atoms with Crippen molar-refractivity contribution < 1.29 is 9.21 Å². The third kappa shape index (κ3) is 4.60. The Hall–Kier alpha value is -2.58. The number of nitrogens with two attached hydrogens (primary N) is 1. The highest BCUT2D eigenvalue weighted by Gasteiger charge is 2.21. The molecule has 0 bridgehead atoms. The monoisotopic (exact) mass is 460 g/mol. The molecule has 0 spiro atoms. The van der Waals surface area contributed by atoms with Crippen LogP contribution in [0.15, 0.2) is 59.2 Å². The quantitative estimate of drug-likeness (QED) is 0.324. The third-order valence-electron chi connectivity index (χ3n) is 4.44. The molecule has 4 aromatic rings. The number of hydrogen-bond donors (Lipinski definition) is 3. The van der Waals surface area contributed by atoms with Crippen molar-refractivity contribution in [3.8, 4) is 0 Å². The van der Waals surface area contributed by atoms with Gasteiger partial charge >= 0.3 is 0 Å². The third-order valence-corrected chi connectivity index (χ3v) is 6.38. The number of rotatable bonds is 7. The lowest BCUT2D eigenvalue weighted by atomic mass is 10.1. The lowest BCUT2D eigenvalue weighted by Crippen LogP contribution is -2.37. The number of aromatic nitrogens is 1. The van der Waals surface area contributed by atoms with Gasteiger partial charge < -0.3 is 20.8 Å². The molecule has 0 unspecified atom stereocenters. The zero-order chi connectivity index (χ0) is 21.1. The molecule has 3 heterocycles. The number of hydrogen-bond acceptors (Lipinski definition) is 6. The molecule has 6 nitrogen and oxygen atoms in total. The van der Waals surface area contributed by atoms with Crippen LogP contribution in [0.3, 0.4) is 0 Å². The van der Waals surface area contributed by atoms with E-state index in [0.29, 0.717) is 27.9 Å². The van der Waals surface area contributed by atoms with Crippen molar-refractivity contribution in [1.29, 1.82) is 0 Å². The van der Waals surface area contributed by atoms with Crippen LogP contribution < -0.4 is 16.4 Å². The van der Waals surface area contributed by atoms with Crippen molar-refractivity contribution in [2.45, 2.75) is 19.0 Å². The molecule has 0 aliphatic heterocycles. The molecule has 0 aliphatic rings. The fourth-order valence-corrected chi connectivity index (χ4v) is 4.72. The van der Waals surface area contributed by atoms with Gasteiger partial charge in [0.2, 0.25) is 5.91 Å². The average molecular weight is 461 g/mol. The molecule has 3 aromatic heterocycles. The second-order valence-corrected chi connectivity index (χ2v) is 8.48. The summed E-state index contributed by atoms with van der Waals surface area (Å²) in [4.78, 5) is 17.6. The number of carbonyl (C=O) groups is 1. The van der Waals surface area contributed by atoms with Gasteiger partial charge in [0.1, 0.15) is 16.4 Å². The Morgan fingerprint density at radius 2 is 2.00 bits per heavy atom. The van der Waals surface area contributed by atoms with Gasteiger partial charge in [-0.3, -0.25) is 4.79 Å². The lowest BCUT2D eigenvalue weighted by Gasteiger charge is -2.11. The second kappa shape index (κ2) is 9.06. The van der Waals surface area contributed by atoms with Crippen LogP contribution in [0.5, 0.6) is 0 Å². The van der Waals surface area contributed by atoms with Crippen molar-refractivity contribution >= 4 is 62.0 Å². The summed E-state index contributed by atoms with van der Waals surface area (Å²) in [6.45, 7) is 0.492. The number of benzene rings is 1. The first-order chi connectivity index (χ1) is 14.5. The van der Waals surface area contributed by atoms with Gasteiger partial charge in [0.05, 0.1) is 34.3 Å². The molecule has 0 saturated carbocycles. The highest BCUT2D eigenvalue weighted by molar-refractivity contribution is 7.20. The van der Waals surface area contributed by atoms with Crippen molar-refractivity contribution in [2.24, 2.45) is 5.73 Å². The molecule has 1 aromatic carbocycles. The lowest BCUT2D eigenvalue weighted by molar-refractivity contribution is -0.117. The van der Waals surface area contributed by atoms with Crippen LogP contribution in [0, 0.1) is 0 Å². The second-order valence-electron chi connectivity index (χ2n) is 6.61. The maximum Gasteiger partial charge on any atom is 0.241 e. The van der Waals surface area contributed by atoms with E-state index in [4.69, 9.17) is 33.4 Å². The van der Waals surface area contributed by atoms with Gasteiger partial charge in [-0.05, 0) is 24.3 Å². The topological polar surface area (TPSA) is 93.2 Å². The SMILES string of the molecule is N[C@H](Cc1sc2c(NCc3ccco3)cc(Cl)nc2c1Cl)C(=O)Nc1ccccc1. The standard InChI is InChI=1S/C21H18Cl2N4O2S/c22-17-10-15(25-11-13-7-4-8-29-13)20-19(27-17)18(23)16(30-20)9-14(24)21(28)26-12-5-2-1-3-6-12/h1-8,10,14H,9,11,24H2,(H,25,27)(H,26,28)/t14-/m1/s1. The smallest absolute Gasteiger partial charge is 0.241 e. The molecule has 4 rings (SSSR count). The van der Waals surface area contributed by atoms with Crippen molar-refractivity contribution in [2.75, 3.05) is 10.6 Å². The zero-order valence-corrected chi connectivity index (χ0v) is 18.0. The van der Waals surface area contributed by atoms with E-state index in [-0.39, 0.29) is 12.3 Å². The van der Waals surface area contributed by atoms with Gasteiger partial charge in [0.25, 0.3) is 0 Å². The maximum atomic E-state index is 12.5. The van der Waals surface area contributed by atoms with Crippen molar-refractivity contribution in [3.63, 3.8) is 0 Å². The Morgan fingerprint density at radius 1 is 1.20 bits per heavy atom. The summed E-state index contributed by atoms with van der Waals surface area (Å²) in [5.41, 5.74) is 8.21. The number of anilines is 2. The van der Waals surface area contributed by atoms with Crippen LogP contribution in [0.4, 0.5) is 11.4 Å². The highest BCUT2D eigenvalue weighted by Crippen LogP contribution is 2.40. The first-order valence-corrected chi connectivity index (χ1v) is 10.7. The van der Waals surface area contributed by atoms with E-state index in [2.05, 4.69) is 15.6 Å². The van der Waals surface area contributed by atoms with Crippen LogP contribution in [0.25, 0.3) is 10.2 Å². The van der Waals surface area contributed by atoms with Gasteiger partial charge in [-0.1, -0.05) is 41.4 Å². The molecule has 0 aliphatic carbocycles. The van der Waals surface area contributed by atoms with Crippen LogP contribution in [0.1, 0.15) is 10.6 Å². The first-order valence-electron chi connectivity index (χ1n) is 9.16. The van der Waals surface area contributed by atoms with Crippen LogP contribution in [0.2, 0.25) is 10.2 Å². The summed E-state index contributed by atoms with van der Waals surface area (Å²) in [6, 6.07) is 13.9. The molecule has 1 amide bonds. The minimum atomic E-state index is -0.759. The van der Waals surface area contributed by atoms with Gasteiger partial charge in [-0.15, -0.1) is 11.3 Å². The van der Waals surface area contributed by atoms with Gasteiger partial charge in [-0.25, -0.2) is 4.98 Å². The van der Waals surface area contributed by atoms with Gasteiger partial charge in [0.15, 0.2) is 0 Å². The van der Waals surface area contributed by atoms with Crippen molar-refractivity contribution in [3.05, 3.63) is 75.6 Å². The summed E-state index contributed by atoms with van der Waals surface area (Å²) in [6.07, 6.45) is 1.90. The Kier molecular flexibility index (Phi) is 6.24. The van der Waals surface area contributed by atoms with E-state index in [9.17, 15) is 4.79 Å². The minimum absolute atomic E-state index is 0.281. The summed E-state index contributed by atoms with van der Waals surface area (Å²) < 4.78 is 6.21. The number of thiophene rings is 1. The van der Waals surface area contributed by atoms with Crippen LogP contribution in [-0.4, -0.2) is 16.9 Å². The number of furan rings is 1. The molecular formula is C21H18Cl2N4O2S. The Bertz CT molecular complexity index is 1160. The summed E-state index contributed by atoms with van der Waals surface area (Å²) >= 11 is 14.2. The fraction of sp³-hybridized carbons (Fsp3) is 0.143. The highest BCUT2D eigenvalue weighted by atomic mass is 35.5. The van der Waals surface area contributed by atoms with Gasteiger partial charge in [0, 0.05) is 23.1 Å². The van der Waals surface area contributed by atoms with Crippen LogP contribution in [-0.2, 0) is 17.8 Å². The predicted octanol–water partition coefficient (Wildman–Crippen LogP) is 5.32. The van der Waals surface area contributed by atoms with E-state index in [0.717, 1.165) is 21.0 Å². The molecular weight excluding hydrogens is 443 g/mol. The Balaban J connectivity index is 1.54. The van der Waals surface area contributed by atoms with Crippen LogP contribution >= 0.6 is 34.5 Å². The first kappa shape index (κ1) is 20.7. The van der Waals surface area contributed by atoms with E-state index < -0.39 is 6.04 Å². The largest absolute Gasteiger partial charge is 0.467 e. The number of carbonyl (C=O) groups excluding carboxylic acids is 1. The average Bonchev–Trinajstić information content (AvgIpc) is 3.36. The number of nitrogens with one attached hydrogen (secondary N) is 2.